The highest BCUT2D eigenvalue weighted by Crippen LogP contribution is 2.18. The number of fused-ring (bicyclic) bond motifs is 1. The van der Waals surface area contributed by atoms with Gasteiger partial charge in [-0.3, -0.25) is 4.79 Å². The topological polar surface area (TPSA) is 46.7 Å². The van der Waals surface area contributed by atoms with Gasteiger partial charge < -0.3 is 14.6 Å². The number of quaternary nitrogens is 1. The van der Waals surface area contributed by atoms with Gasteiger partial charge in [-0.15, -0.1) is 0 Å². The van der Waals surface area contributed by atoms with Crippen LogP contribution in [0, 0.1) is 0 Å². The molecule has 0 radical (unpaired) electrons. The number of nitrogens with one attached hydrogen (secondary N) is 2. The molecule has 0 fully saturated rings. The number of likely N-dealkylation sites (N-methyl/N-ethyl adjacent to an activating group) is 1. The lowest BCUT2D eigenvalue weighted by atomic mass is 10.2. The zero-order chi connectivity index (χ0) is 13.7. The van der Waals surface area contributed by atoms with Gasteiger partial charge in [0.05, 0.1) is 26.2 Å². The second-order valence-corrected chi connectivity index (χ2v) is 4.61. The van der Waals surface area contributed by atoms with E-state index in [4.69, 9.17) is 4.42 Å². The van der Waals surface area contributed by atoms with Crippen LogP contribution in [0.5, 0.6) is 0 Å². The molecule has 1 amide bonds. The van der Waals surface area contributed by atoms with Crippen molar-refractivity contribution in [3.05, 3.63) is 36.1 Å². The first kappa shape index (κ1) is 13.6. The van der Waals surface area contributed by atoms with Crippen molar-refractivity contribution < 1.29 is 14.1 Å². The van der Waals surface area contributed by atoms with E-state index in [1.807, 2.05) is 24.3 Å². The van der Waals surface area contributed by atoms with Crippen LogP contribution < -0.4 is 10.2 Å². The fourth-order valence-electron chi connectivity index (χ4n) is 2.14. The van der Waals surface area contributed by atoms with Crippen LogP contribution in [0.25, 0.3) is 11.0 Å². The maximum atomic E-state index is 12.0. The standard InChI is InChI=1S/C15H20N2O2/c1-3-17(4-2)10-9-16-15(18)14-11-12-7-5-6-8-13(12)19-14/h5-8,11H,3-4,9-10H2,1-2H3,(H,16,18)/p+1. The van der Waals surface area contributed by atoms with Gasteiger partial charge in [-0.2, -0.15) is 0 Å². The molecule has 0 atom stereocenters. The molecule has 1 heterocycles. The highest BCUT2D eigenvalue weighted by molar-refractivity contribution is 5.95. The molecular weight excluding hydrogens is 240 g/mol. The van der Waals surface area contributed by atoms with Crippen molar-refractivity contribution in [2.75, 3.05) is 26.2 Å². The Hall–Kier alpha value is -1.81. The highest BCUT2D eigenvalue weighted by Gasteiger charge is 2.12. The van der Waals surface area contributed by atoms with Crippen molar-refractivity contribution in [1.29, 1.82) is 0 Å². The molecule has 0 aliphatic carbocycles. The predicted molar refractivity (Wildman–Crippen MR) is 75.5 cm³/mol. The Balaban J connectivity index is 1.92. The summed E-state index contributed by atoms with van der Waals surface area (Å²) in [5, 5.41) is 3.87. The summed E-state index contributed by atoms with van der Waals surface area (Å²) in [6.07, 6.45) is 0. The van der Waals surface area contributed by atoms with Gasteiger partial charge in [-0.1, -0.05) is 18.2 Å². The first-order valence-corrected chi connectivity index (χ1v) is 6.85. The minimum Gasteiger partial charge on any atom is -0.451 e. The van der Waals surface area contributed by atoms with Crippen molar-refractivity contribution >= 4 is 16.9 Å². The summed E-state index contributed by atoms with van der Waals surface area (Å²) >= 11 is 0. The summed E-state index contributed by atoms with van der Waals surface area (Å²) in [6, 6.07) is 9.43. The molecule has 0 aliphatic rings. The zero-order valence-corrected chi connectivity index (χ0v) is 11.5. The second-order valence-electron chi connectivity index (χ2n) is 4.61. The van der Waals surface area contributed by atoms with E-state index < -0.39 is 0 Å². The lowest BCUT2D eigenvalue weighted by Gasteiger charge is -2.15. The summed E-state index contributed by atoms with van der Waals surface area (Å²) < 4.78 is 5.52. The van der Waals surface area contributed by atoms with Crippen molar-refractivity contribution in [2.24, 2.45) is 0 Å². The molecule has 4 heteroatoms. The third kappa shape index (κ3) is 3.35. The summed E-state index contributed by atoms with van der Waals surface area (Å²) in [5.74, 6) is 0.249. The van der Waals surface area contributed by atoms with E-state index >= 15 is 0 Å². The molecular formula is C15H21N2O2+. The van der Waals surface area contributed by atoms with Gasteiger partial charge in [0.1, 0.15) is 5.58 Å². The van der Waals surface area contributed by atoms with Crippen LogP contribution in [0.4, 0.5) is 0 Å². The molecule has 1 aromatic heterocycles. The number of hydrogen-bond acceptors (Lipinski definition) is 2. The van der Waals surface area contributed by atoms with Gasteiger partial charge in [0.2, 0.25) is 0 Å². The Morgan fingerprint density at radius 1 is 1.26 bits per heavy atom. The molecule has 0 spiro atoms. The monoisotopic (exact) mass is 261 g/mol. The van der Waals surface area contributed by atoms with Gasteiger partial charge in [0, 0.05) is 5.39 Å². The van der Waals surface area contributed by atoms with Crippen LogP contribution in [0.3, 0.4) is 0 Å². The van der Waals surface area contributed by atoms with Crippen LogP contribution >= 0.6 is 0 Å². The Labute approximate surface area is 113 Å². The Kier molecular flexibility index (Phi) is 4.58. The maximum absolute atomic E-state index is 12.0. The first-order valence-electron chi connectivity index (χ1n) is 6.85. The van der Waals surface area contributed by atoms with E-state index in [0.29, 0.717) is 12.3 Å². The zero-order valence-electron chi connectivity index (χ0n) is 11.5. The van der Waals surface area contributed by atoms with E-state index in [2.05, 4.69) is 19.2 Å². The number of carbonyl (C=O) groups is 1. The molecule has 0 aliphatic heterocycles. The van der Waals surface area contributed by atoms with Crippen LogP contribution in [-0.4, -0.2) is 32.1 Å². The number of carbonyl (C=O) groups excluding carboxylic acids is 1. The van der Waals surface area contributed by atoms with E-state index in [1.165, 1.54) is 4.90 Å². The number of rotatable bonds is 6. The molecule has 0 bridgehead atoms. The van der Waals surface area contributed by atoms with Gasteiger partial charge in [-0.05, 0) is 26.0 Å². The highest BCUT2D eigenvalue weighted by atomic mass is 16.3. The largest absolute Gasteiger partial charge is 0.451 e. The van der Waals surface area contributed by atoms with E-state index in [0.717, 1.165) is 30.6 Å². The van der Waals surface area contributed by atoms with Crippen molar-refractivity contribution in [3.8, 4) is 0 Å². The smallest absolute Gasteiger partial charge is 0.287 e. The normalized spacial score (nSPS) is 11.1. The fourth-order valence-corrected chi connectivity index (χ4v) is 2.14. The van der Waals surface area contributed by atoms with E-state index in [1.54, 1.807) is 6.07 Å². The fraction of sp³-hybridized carbons (Fsp3) is 0.400. The van der Waals surface area contributed by atoms with Crippen LogP contribution in [0.2, 0.25) is 0 Å². The number of amides is 1. The summed E-state index contributed by atoms with van der Waals surface area (Å²) in [5.41, 5.74) is 0.752. The minimum absolute atomic E-state index is 0.136. The number of benzene rings is 1. The van der Waals surface area contributed by atoms with E-state index in [9.17, 15) is 4.79 Å². The quantitative estimate of drug-likeness (QED) is 0.817. The van der Waals surface area contributed by atoms with Gasteiger partial charge in [0.15, 0.2) is 5.76 Å². The van der Waals surface area contributed by atoms with Gasteiger partial charge in [0.25, 0.3) is 5.91 Å². The molecule has 2 N–H and O–H groups in total. The molecule has 4 nitrogen and oxygen atoms in total. The van der Waals surface area contributed by atoms with Crippen LogP contribution in [0.15, 0.2) is 34.7 Å². The molecule has 19 heavy (non-hydrogen) atoms. The number of hydrogen-bond donors (Lipinski definition) is 2. The van der Waals surface area contributed by atoms with E-state index in [-0.39, 0.29) is 5.91 Å². The molecule has 2 rings (SSSR count). The molecule has 0 unspecified atom stereocenters. The predicted octanol–water partition coefficient (Wildman–Crippen LogP) is 1.09. The third-order valence-corrected chi connectivity index (χ3v) is 3.41. The summed E-state index contributed by atoms with van der Waals surface area (Å²) in [4.78, 5) is 13.4. The van der Waals surface area contributed by atoms with Crippen LogP contribution in [-0.2, 0) is 0 Å². The minimum atomic E-state index is -0.136. The number of furan rings is 1. The molecule has 1 aromatic carbocycles. The average molecular weight is 261 g/mol. The van der Waals surface area contributed by atoms with Crippen molar-refractivity contribution in [3.63, 3.8) is 0 Å². The maximum Gasteiger partial charge on any atom is 0.287 e. The third-order valence-electron chi connectivity index (χ3n) is 3.41. The molecule has 0 saturated carbocycles. The Bertz CT molecular complexity index is 511. The van der Waals surface area contributed by atoms with Crippen LogP contribution in [0.1, 0.15) is 24.4 Å². The van der Waals surface area contributed by atoms with Crippen molar-refractivity contribution in [2.45, 2.75) is 13.8 Å². The lowest BCUT2D eigenvalue weighted by molar-refractivity contribution is -0.895. The van der Waals surface area contributed by atoms with Gasteiger partial charge in [-0.25, -0.2) is 0 Å². The SMILES string of the molecule is CC[NH+](CC)CCNC(=O)c1cc2ccccc2o1. The van der Waals surface area contributed by atoms with Gasteiger partial charge >= 0.3 is 0 Å². The summed E-state index contributed by atoms with van der Waals surface area (Å²) in [7, 11) is 0. The first-order chi connectivity index (χ1) is 9.24. The Morgan fingerprint density at radius 3 is 2.68 bits per heavy atom. The summed E-state index contributed by atoms with van der Waals surface area (Å²) in [6.45, 7) is 8.08. The van der Waals surface area contributed by atoms with Crippen molar-refractivity contribution in [1.82, 2.24) is 5.32 Å². The molecule has 0 saturated heterocycles. The average Bonchev–Trinajstić information content (AvgIpc) is 2.87. The molecule has 2 aromatic rings. The Morgan fingerprint density at radius 2 is 2.00 bits per heavy atom. The molecule has 102 valence electrons. The lowest BCUT2D eigenvalue weighted by Crippen LogP contribution is -3.12. The second kappa shape index (κ2) is 6.38. The number of para-hydroxylation sites is 1.